The molecule has 1 aromatic heterocycles. The van der Waals surface area contributed by atoms with E-state index < -0.39 is 6.04 Å². The van der Waals surface area contributed by atoms with Crippen LogP contribution in [0.2, 0.25) is 0 Å². The Bertz CT molecular complexity index is 555. The normalized spacial score (nSPS) is 27.5. The van der Waals surface area contributed by atoms with Crippen molar-refractivity contribution in [3.05, 3.63) is 29.6 Å². The Kier molecular flexibility index (Phi) is 3.66. The molecule has 3 rings (SSSR count). The number of nitrogens with zero attached hydrogens (tertiary/aromatic N) is 2. The average molecular weight is 288 g/mol. The summed E-state index contributed by atoms with van der Waals surface area (Å²) < 4.78 is 4.93. The van der Waals surface area contributed by atoms with Gasteiger partial charge in [-0.05, 0) is 43.7 Å². The van der Waals surface area contributed by atoms with Crippen LogP contribution in [0, 0.1) is 18.8 Å². The van der Waals surface area contributed by atoms with Gasteiger partial charge >= 0.3 is 5.97 Å². The molecular formula is C16H20N2O3. The van der Waals surface area contributed by atoms with Crippen molar-refractivity contribution < 1.29 is 14.3 Å². The molecule has 1 aliphatic carbocycles. The number of methoxy groups -OCH3 is 1. The summed E-state index contributed by atoms with van der Waals surface area (Å²) in [6.07, 6.45) is 4.81. The van der Waals surface area contributed by atoms with E-state index in [2.05, 4.69) is 4.98 Å². The second-order valence-corrected chi connectivity index (χ2v) is 5.97. The first kappa shape index (κ1) is 14.0. The first-order chi connectivity index (χ1) is 10.1. The van der Waals surface area contributed by atoms with Crippen LogP contribution in [0.15, 0.2) is 18.3 Å². The number of ether oxygens (including phenoxy) is 1. The van der Waals surface area contributed by atoms with Gasteiger partial charge in [0.25, 0.3) is 5.91 Å². The zero-order valence-corrected chi connectivity index (χ0v) is 12.4. The third-order valence-electron chi connectivity index (χ3n) is 4.75. The monoisotopic (exact) mass is 288 g/mol. The number of fused-ring (bicyclic) bond motifs is 1. The van der Waals surface area contributed by atoms with E-state index >= 15 is 0 Å². The van der Waals surface area contributed by atoms with Gasteiger partial charge in [-0.25, -0.2) is 4.79 Å². The zero-order chi connectivity index (χ0) is 15.0. The van der Waals surface area contributed by atoms with Crippen molar-refractivity contribution in [3.8, 4) is 0 Å². The lowest BCUT2D eigenvalue weighted by atomic mass is 9.94. The molecule has 5 heteroatoms. The number of rotatable bonds is 2. The van der Waals surface area contributed by atoms with Gasteiger partial charge in [0, 0.05) is 18.4 Å². The molecule has 2 heterocycles. The number of aromatic nitrogens is 1. The quantitative estimate of drug-likeness (QED) is 0.779. The minimum atomic E-state index is -0.434. The van der Waals surface area contributed by atoms with Crippen molar-refractivity contribution in [1.29, 1.82) is 0 Å². The van der Waals surface area contributed by atoms with Gasteiger partial charge in [-0.15, -0.1) is 0 Å². The van der Waals surface area contributed by atoms with E-state index in [4.69, 9.17) is 4.74 Å². The summed E-state index contributed by atoms with van der Waals surface area (Å²) in [5.74, 6) is 0.265. The van der Waals surface area contributed by atoms with E-state index in [1.165, 1.54) is 7.11 Å². The third-order valence-corrected chi connectivity index (χ3v) is 4.75. The van der Waals surface area contributed by atoms with E-state index in [0.717, 1.165) is 25.0 Å². The lowest BCUT2D eigenvalue weighted by Crippen LogP contribution is -2.44. The number of likely N-dealkylation sites (tertiary alicyclic amines) is 1. The summed E-state index contributed by atoms with van der Waals surface area (Å²) >= 11 is 0. The van der Waals surface area contributed by atoms with E-state index in [1.54, 1.807) is 17.2 Å². The number of carbonyl (C=O) groups is 2. The number of hydrogen-bond acceptors (Lipinski definition) is 4. The van der Waals surface area contributed by atoms with Gasteiger partial charge in [-0.2, -0.15) is 0 Å². The van der Waals surface area contributed by atoms with Gasteiger partial charge in [0.15, 0.2) is 0 Å². The molecule has 1 saturated carbocycles. The van der Waals surface area contributed by atoms with Crippen LogP contribution in [0.25, 0.3) is 0 Å². The fraction of sp³-hybridized carbons (Fsp3) is 0.562. The minimum Gasteiger partial charge on any atom is -0.467 e. The summed E-state index contributed by atoms with van der Waals surface area (Å²) in [7, 11) is 1.39. The molecule has 0 N–H and O–H groups in total. The van der Waals surface area contributed by atoms with Gasteiger partial charge in [0.1, 0.15) is 6.04 Å². The number of esters is 1. The minimum absolute atomic E-state index is 0.118. The second-order valence-electron chi connectivity index (χ2n) is 5.97. The molecule has 0 spiro atoms. The van der Waals surface area contributed by atoms with Gasteiger partial charge in [-0.1, -0.05) is 6.42 Å². The molecule has 2 aliphatic rings. The number of pyridine rings is 1. The molecule has 1 saturated heterocycles. The summed E-state index contributed by atoms with van der Waals surface area (Å²) in [5.41, 5.74) is 1.41. The summed E-state index contributed by atoms with van der Waals surface area (Å²) in [4.78, 5) is 30.7. The fourth-order valence-corrected chi connectivity index (χ4v) is 3.70. The highest BCUT2D eigenvalue weighted by atomic mass is 16.5. The molecule has 0 bridgehead atoms. The summed E-state index contributed by atoms with van der Waals surface area (Å²) in [6, 6.07) is 3.15. The van der Waals surface area contributed by atoms with Crippen LogP contribution in [-0.2, 0) is 9.53 Å². The number of carbonyl (C=O) groups excluding carboxylic acids is 2. The van der Waals surface area contributed by atoms with E-state index in [0.29, 0.717) is 18.0 Å². The smallest absolute Gasteiger partial charge is 0.328 e. The number of amides is 1. The summed E-state index contributed by atoms with van der Waals surface area (Å²) in [6.45, 7) is 2.53. The highest BCUT2D eigenvalue weighted by molar-refractivity contribution is 5.97. The van der Waals surface area contributed by atoms with Crippen LogP contribution >= 0.6 is 0 Å². The largest absolute Gasteiger partial charge is 0.467 e. The topological polar surface area (TPSA) is 59.5 Å². The van der Waals surface area contributed by atoms with Gasteiger partial charge < -0.3 is 9.64 Å². The van der Waals surface area contributed by atoms with E-state index in [1.807, 2.05) is 13.0 Å². The fourth-order valence-electron chi connectivity index (χ4n) is 3.70. The first-order valence-electron chi connectivity index (χ1n) is 7.43. The molecule has 0 aromatic carbocycles. The van der Waals surface area contributed by atoms with Crippen molar-refractivity contribution in [2.24, 2.45) is 11.8 Å². The molecule has 3 atom stereocenters. The molecule has 21 heavy (non-hydrogen) atoms. The molecule has 1 aromatic rings. The van der Waals surface area contributed by atoms with Crippen LogP contribution < -0.4 is 0 Å². The average Bonchev–Trinajstić information content (AvgIpc) is 3.06. The molecule has 5 nitrogen and oxygen atoms in total. The number of hydrogen-bond donors (Lipinski definition) is 0. The third kappa shape index (κ3) is 2.41. The Labute approximate surface area is 124 Å². The molecule has 1 amide bonds. The highest BCUT2D eigenvalue weighted by Crippen LogP contribution is 2.43. The van der Waals surface area contributed by atoms with Crippen LogP contribution in [0.1, 0.15) is 35.3 Å². The maximum Gasteiger partial charge on any atom is 0.328 e. The van der Waals surface area contributed by atoms with Crippen LogP contribution in [-0.4, -0.2) is 41.5 Å². The summed E-state index contributed by atoms with van der Waals surface area (Å²) in [5, 5.41) is 0. The van der Waals surface area contributed by atoms with Crippen molar-refractivity contribution in [2.75, 3.05) is 13.7 Å². The Morgan fingerprint density at radius 1 is 1.33 bits per heavy atom. The molecular weight excluding hydrogens is 268 g/mol. The maximum absolute atomic E-state index is 12.7. The molecule has 2 fully saturated rings. The lowest BCUT2D eigenvalue weighted by molar-refractivity contribution is -0.146. The molecule has 1 aliphatic heterocycles. The van der Waals surface area contributed by atoms with Crippen LogP contribution in [0.3, 0.4) is 0 Å². The standard InChI is InChI=1S/C16H20N2O3/c1-10-6-7-11(8-17-10)15(19)18-9-12-4-3-5-13(12)14(18)16(20)21-2/h6-8,12-14H,3-5,9H2,1-2H3/t12-,13+,14-/m0/s1. The van der Waals surface area contributed by atoms with Crippen molar-refractivity contribution >= 4 is 11.9 Å². The van der Waals surface area contributed by atoms with Crippen LogP contribution in [0.4, 0.5) is 0 Å². The molecule has 112 valence electrons. The Balaban J connectivity index is 1.87. The maximum atomic E-state index is 12.7. The van der Waals surface area contributed by atoms with Gasteiger partial charge in [0.05, 0.1) is 12.7 Å². The lowest BCUT2D eigenvalue weighted by Gasteiger charge is -2.25. The predicted octanol–water partition coefficient (Wildman–Crippen LogP) is 1.80. The van der Waals surface area contributed by atoms with Crippen molar-refractivity contribution in [1.82, 2.24) is 9.88 Å². The Hall–Kier alpha value is -1.91. The zero-order valence-electron chi connectivity index (χ0n) is 12.4. The van der Waals surface area contributed by atoms with Crippen LogP contribution in [0.5, 0.6) is 0 Å². The predicted molar refractivity (Wildman–Crippen MR) is 76.6 cm³/mol. The molecule has 0 radical (unpaired) electrons. The van der Waals surface area contributed by atoms with Crippen molar-refractivity contribution in [2.45, 2.75) is 32.2 Å². The van der Waals surface area contributed by atoms with E-state index in [-0.39, 0.29) is 17.8 Å². The second kappa shape index (κ2) is 5.47. The Morgan fingerprint density at radius 3 is 2.81 bits per heavy atom. The number of aryl methyl sites for hydroxylation is 1. The van der Waals surface area contributed by atoms with Gasteiger partial charge in [0.2, 0.25) is 0 Å². The van der Waals surface area contributed by atoms with Crippen molar-refractivity contribution in [3.63, 3.8) is 0 Å². The first-order valence-corrected chi connectivity index (χ1v) is 7.43. The molecule has 0 unspecified atom stereocenters. The SMILES string of the molecule is COC(=O)[C@@H]1[C@@H]2CCC[C@H]2CN1C(=O)c1ccc(C)nc1. The Morgan fingerprint density at radius 2 is 2.14 bits per heavy atom. The van der Waals surface area contributed by atoms with E-state index in [9.17, 15) is 9.59 Å². The van der Waals surface area contributed by atoms with Gasteiger partial charge in [-0.3, -0.25) is 9.78 Å². The highest BCUT2D eigenvalue weighted by Gasteiger charge is 2.50.